The third-order valence-corrected chi connectivity index (χ3v) is 2.39. The minimum absolute atomic E-state index is 0.236. The minimum Gasteiger partial charge on any atom is -0.395 e. The van der Waals surface area contributed by atoms with Gasteiger partial charge in [-0.1, -0.05) is 36.8 Å². The summed E-state index contributed by atoms with van der Waals surface area (Å²) in [6, 6.07) is 8.55. The quantitative estimate of drug-likeness (QED) is 0.771. The summed E-state index contributed by atoms with van der Waals surface area (Å²) in [5.74, 6) is 0. The second kappa shape index (κ2) is 5.78. The molecule has 0 aliphatic carbocycles. The first-order chi connectivity index (χ1) is 6.76. The lowest BCUT2D eigenvalue weighted by Crippen LogP contribution is -2.25. The lowest BCUT2D eigenvalue weighted by atomic mass is 10.1. The van der Waals surface area contributed by atoms with Crippen LogP contribution in [-0.2, 0) is 6.54 Å². The number of aliphatic hydroxyl groups is 1. The van der Waals surface area contributed by atoms with E-state index in [0.717, 1.165) is 19.6 Å². The van der Waals surface area contributed by atoms with Crippen molar-refractivity contribution in [3.63, 3.8) is 0 Å². The Balaban J connectivity index is 2.53. The molecule has 0 aliphatic heterocycles. The van der Waals surface area contributed by atoms with Crippen molar-refractivity contribution in [3.8, 4) is 0 Å². The average Bonchev–Trinajstić information content (AvgIpc) is 2.20. The van der Waals surface area contributed by atoms with Crippen LogP contribution in [0.25, 0.3) is 0 Å². The van der Waals surface area contributed by atoms with E-state index in [1.807, 2.05) is 0 Å². The third-order valence-electron chi connectivity index (χ3n) is 2.39. The monoisotopic (exact) mass is 193 g/mol. The second-order valence-electron chi connectivity index (χ2n) is 3.58. The molecular weight excluding hydrogens is 174 g/mol. The molecule has 0 bridgehead atoms. The number of aryl methyl sites for hydroxylation is 1. The summed E-state index contributed by atoms with van der Waals surface area (Å²) in [7, 11) is 0. The zero-order valence-corrected chi connectivity index (χ0v) is 9.03. The van der Waals surface area contributed by atoms with Gasteiger partial charge in [0.05, 0.1) is 6.61 Å². The first kappa shape index (κ1) is 11.2. The Morgan fingerprint density at radius 2 is 1.86 bits per heavy atom. The highest BCUT2D eigenvalue weighted by Crippen LogP contribution is 2.06. The summed E-state index contributed by atoms with van der Waals surface area (Å²) in [5.41, 5.74) is 2.60. The molecular formula is C12H19NO. The van der Waals surface area contributed by atoms with E-state index < -0.39 is 0 Å². The number of hydrogen-bond donors (Lipinski definition) is 1. The highest BCUT2D eigenvalue weighted by molar-refractivity contribution is 5.21. The number of hydrogen-bond acceptors (Lipinski definition) is 2. The van der Waals surface area contributed by atoms with Crippen LogP contribution in [0.5, 0.6) is 0 Å². The SMILES string of the molecule is CCN(CCO)Cc1ccc(C)cc1. The molecule has 0 amide bonds. The van der Waals surface area contributed by atoms with Crippen LogP contribution in [0, 0.1) is 6.92 Å². The molecule has 0 fully saturated rings. The van der Waals surface area contributed by atoms with E-state index in [1.165, 1.54) is 11.1 Å². The molecule has 78 valence electrons. The highest BCUT2D eigenvalue weighted by Gasteiger charge is 2.01. The zero-order chi connectivity index (χ0) is 10.4. The number of rotatable bonds is 5. The van der Waals surface area contributed by atoms with Gasteiger partial charge in [-0.3, -0.25) is 4.90 Å². The van der Waals surface area contributed by atoms with Gasteiger partial charge in [-0.2, -0.15) is 0 Å². The van der Waals surface area contributed by atoms with Crippen molar-refractivity contribution >= 4 is 0 Å². The summed E-state index contributed by atoms with van der Waals surface area (Å²) in [6.07, 6.45) is 0. The summed E-state index contributed by atoms with van der Waals surface area (Å²) in [6.45, 7) is 7.11. The first-order valence-corrected chi connectivity index (χ1v) is 5.15. The van der Waals surface area contributed by atoms with Gasteiger partial charge in [0.1, 0.15) is 0 Å². The van der Waals surface area contributed by atoms with Crippen molar-refractivity contribution in [1.82, 2.24) is 4.90 Å². The Hall–Kier alpha value is -0.860. The maximum atomic E-state index is 8.85. The summed E-state index contributed by atoms with van der Waals surface area (Å²) < 4.78 is 0. The van der Waals surface area contributed by atoms with Crippen LogP contribution in [0.3, 0.4) is 0 Å². The molecule has 0 spiro atoms. The molecule has 0 saturated carbocycles. The fraction of sp³-hybridized carbons (Fsp3) is 0.500. The van der Waals surface area contributed by atoms with Gasteiger partial charge in [0, 0.05) is 13.1 Å². The zero-order valence-electron chi connectivity index (χ0n) is 9.03. The van der Waals surface area contributed by atoms with E-state index in [9.17, 15) is 0 Å². The van der Waals surface area contributed by atoms with E-state index in [2.05, 4.69) is 43.0 Å². The van der Waals surface area contributed by atoms with Crippen molar-refractivity contribution in [2.45, 2.75) is 20.4 Å². The van der Waals surface area contributed by atoms with Crippen molar-refractivity contribution in [2.75, 3.05) is 19.7 Å². The molecule has 0 atom stereocenters. The minimum atomic E-state index is 0.236. The number of aliphatic hydroxyl groups excluding tert-OH is 1. The largest absolute Gasteiger partial charge is 0.395 e. The molecule has 0 aliphatic rings. The molecule has 2 nitrogen and oxygen atoms in total. The van der Waals surface area contributed by atoms with E-state index >= 15 is 0 Å². The Labute approximate surface area is 86.2 Å². The molecule has 2 heteroatoms. The van der Waals surface area contributed by atoms with Crippen LogP contribution >= 0.6 is 0 Å². The summed E-state index contributed by atoms with van der Waals surface area (Å²) in [4.78, 5) is 2.23. The summed E-state index contributed by atoms with van der Waals surface area (Å²) in [5, 5.41) is 8.85. The molecule has 0 radical (unpaired) electrons. The molecule has 0 saturated heterocycles. The van der Waals surface area contributed by atoms with Crippen LogP contribution in [0.4, 0.5) is 0 Å². The highest BCUT2D eigenvalue weighted by atomic mass is 16.3. The Morgan fingerprint density at radius 3 is 2.36 bits per heavy atom. The predicted molar refractivity (Wildman–Crippen MR) is 59.2 cm³/mol. The van der Waals surface area contributed by atoms with Crippen molar-refractivity contribution < 1.29 is 5.11 Å². The Morgan fingerprint density at radius 1 is 1.21 bits per heavy atom. The molecule has 0 aromatic heterocycles. The van der Waals surface area contributed by atoms with Gasteiger partial charge in [-0.05, 0) is 19.0 Å². The van der Waals surface area contributed by atoms with Crippen LogP contribution in [0.2, 0.25) is 0 Å². The number of nitrogens with zero attached hydrogens (tertiary/aromatic N) is 1. The molecule has 14 heavy (non-hydrogen) atoms. The third kappa shape index (κ3) is 3.48. The van der Waals surface area contributed by atoms with E-state index in [1.54, 1.807) is 0 Å². The number of likely N-dealkylation sites (N-methyl/N-ethyl adjacent to an activating group) is 1. The average molecular weight is 193 g/mol. The predicted octanol–water partition coefficient (Wildman–Crippen LogP) is 1.81. The molecule has 0 heterocycles. The second-order valence-corrected chi connectivity index (χ2v) is 3.58. The van der Waals surface area contributed by atoms with E-state index in [-0.39, 0.29) is 6.61 Å². The van der Waals surface area contributed by atoms with Crippen LogP contribution < -0.4 is 0 Å². The first-order valence-electron chi connectivity index (χ1n) is 5.15. The molecule has 1 aromatic carbocycles. The van der Waals surface area contributed by atoms with Gasteiger partial charge < -0.3 is 5.11 Å². The lowest BCUT2D eigenvalue weighted by Gasteiger charge is -2.18. The van der Waals surface area contributed by atoms with Gasteiger partial charge in [0.15, 0.2) is 0 Å². The molecule has 1 aromatic rings. The molecule has 0 unspecified atom stereocenters. The normalized spacial score (nSPS) is 10.9. The van der Waals surface area contributed by atoms with Crippen LogP contribution in [-0.4, -0.2) is 29.7 Å². The summed E-state index contributed by atoms with van der Waals surface area (Å²) >= 11 is 0. The van der Waals surface area contributed by atoms with Crippen molar-refractivity contribution in [3.05, 3.63) is 35.4 Å². The molecule has 1 rings (SSSR count). The lowest BCUT2D eigenvalue weighted by molar-refractivity contribution is 0.197. The maximum Gasteiger partial charge on any atom is 0.0558 e. The number of benzene rings is 1. The van der Waals surface area contributed by atoms with Crippen LogP contribution in [0.1, 0.15) is 18.1 Å². The van der Waals surface area contributed by atoms with E-state index in [4.69, 9.17) is 5.11 Å². The topological polar surface area (TPSA) is 23.5 Å². The van der Waals surface area contributed by atoms with Gasteiger partial charge in [-0.15, -0.1) is 0 Å². The van der Waals surface area contributed by atoms with Crippen LogP contribution in [0.15, 0.2) is 24.3 Å². The van der Waals surface area contributed by atoms with Gasteiger partial charge in [0.2, 0.25) is 0 Å². The maximum absolute atomic E-state index is 8.85. The smallest absolute Gasteiger partial charge is 0.0558 e. The standard InChI is InChI=1S/C12H19NO/c1-3-13(8-9-14)10-12-6-4-11(2)5-7-12/h4-7,14H,3,8-10H2,1-2H3. The van der Waals surface area contributed by atoms with Gasteiger partial charge >= 0.3 is 0 Å². The Kier molecular flexibility index (Phi) is 4.63. The van der Waals surface area contributed by atoms with Gasteiger partial charge in [0.25, 0.3) is 0 Å². The molecule has 1 N–H and O–H groups in total. The Bertz CT molecular complexity index is 256. The van der Waals surface area contributed by atoms with Crippen molar-refractivity contribution in [1.29, 1.82) is 0 Å². The van der Waals surface area contributed by atoms with E-state index in [0.29, 0.717) is 0 Å². The van der Waals surface area contributed by atoms with Gasteiger partial charge in [-0.25, -0.2) is 0 Å². The fourth-order valence-electron chi connectivity index (χ4n) is 1.44. The van der Waals surface area contributed by atoms with Crippen molar-refractivity contribution in [2.24, 2.45) is 0 Å². The fourth-order valence-corrected chi connectivity index (χ4v) is 1.44.